The third-order valence-electron chi connectivity index (χ3n) is 3.66. The minimum Gasteiger partial charge on any atom is -0.477 e. The Morgan fingerprint density at radius 2 is 1.95 bits per heavy atom. The molecule has 3 rings (SSSR count). The smallest absolute Gasteiger partial charge is 0.354 e. The largest absolute Gasteiger partial charge is 0.477 e. The van der Waals surface area contributed by atoms with Crippen molar-refractivity contribution in [1.29, 1.82) is 0 Å². The first-order chi connectivity index (χ1) is 10.0. The lowest BCUT2D eigenvalue weighted by atomic mass is 10.1. The molecule has 0 bridgehead atoms. The van der Waals surface area contributed by atoms with Gasteiger partial charge < -0.3 is 14.7 Å². The molecule has 2 atom stereocenters. The lowest BCUT2D eigenvalue weighted by Crippen LogP contribution is -2.46. The maximum atomic E-state index is 11.3. The number of carbonyl (C=O) groups is 1. The van der Waals surface area contributed by atoms with E-state index < -0.39 is 5.97 Å². The molecule has 0 unspecified atom stereocenters. The summed E-state index contributed by atoms with van der Waals surface area (Å²) in [6.07, 6.45) is 0.200. The summed E-state index contributed by atoms with van der Waals surface area (Å²) in [6.45, 7) is 5.46. The number of aromatic nitrogens is 1. The molecule has 0 radical (unpaired) electrons. The standard InChI is InChI=1S/C16H18N2O3/c1-10-8-18(9-11(2)21-10)15-13-6-4-3-5-12(13)7-14(17-15)16(19)20/h3-7,10-11H,8-9H2,1-2H3,(H,19,20)/t10-,11+. The van der Waals surface area contributed by atoms with Gasteiger partial charge in [-0.3, -0.25) is 0 Å². The molecule has 0 saturated carbocycles. The molecule has 1 aromatic carbocycles. The minimum absolute atomic E-state index is 0.0792. The molecule has 0 spiro atoms. The third-order valence-corrected chi connectivity index (χ3v) is 3.66. The van der Waals surface area contributed by atoms with Gasteiger partial charge in [0.25, 0.3) is 0 Å². The highest BCUT2D eigenvalue weighted by Crippen LogP contribution is 2.28. The minimum atomic E-state index is -1.00. The van der Waals surface area contributed by atoms with Crippen LogP contribution < -0.4 is 4.90 Å². The Bertz CT molecular complexity index is 676. The quantitative estimate of drug-likeness (QED) is 0.919. The maximum absolute atomic E-state index is 11.3. The second-order valence-corrected chi connectivity index (χ2v) is 5.52. The molecule has 1 N–H and O–H groups in total. The van der Waals surface area contributed by atoms with Gasteiger partial charge in [0.2, 0.25) is 0 Å². The van der Waals surface area contributed by atoms with Gasteiger partial charge in [0.05, 0.1) is 12.2 Å². The van der Waals surface area contributed by atoms with Crippen LogP contribution in [-0.4, -0.2) is 41.4 Å². The van der Waals surface area contributed by atoms with Crippen LogP contribution in [0.1, 0.15) is 24.3 Å². The number of nitrogens with zero attached hydrogens (tertiary/aromatic N) is 2. The highest BCUT2D eigenvalue weighted by molar-refractivity contribution is 5.98. The van der Waals surface area contributed by atoms with Gasteiger partial charge in [-0.15, -0.1) is 0 Å². The van der Waals surface area contributed by atoms with Crippen LogP contribution in [0.4, 0.5) is 5.82 Å². The van der Waals surface area contributed by atoms with Crippen molar-refractivity contribution in [2.75, 3.05) is 18.0 Å². The highest BCUT2D eigenvalue weighted by Gasteiger charge is 2.25. The lowest BCUT2D eigenvalue weighted by Gasteiger charge is -2.36. The first-order valence-corrected chi connectivity index (χ1v) is 7.08. The molecule has 1 aromatic heterocycles. The number of benzene rings is 1. The molecule has 2 aromatic rings. The highest BCUT2D eigenvalue weighted by atomic mass is 16.5. The number of morpholine rings is 1. The molecule has 110 valence electrons. The first kappa shape index (κ1) is 13.8. The summed E-state index contributed by atoms with van der Waals surface area (Å²) < 4.78 is 5.74. The van der Waals surface area contributed by atoms with Crippen molar-refractivity contribution in [2.24, 2.45) is 0 Å². The summed E-state index contributed by atoms with van der Waals surface area (Å²) in [5, 5.41) is 11.1. The van der Waals surface area contributed by atoms with Gasteiger partial charge in [0, 0.05) is 18.5 Å². The van der Waals surface area contributed by atoms with Crippen LogP contribution in [0.5, 0.6) is 0 Å². The molecule has 5 heteroatoms. The molecular formula is C16H18N2O3. The van der Waals surface area contributed by atoms with Crippen molar-refractivity contribution in [2.45, 2.75) is 26.1 Å². The molecule has 1 aliphatic rings. The summed E-state index contributed by atoms with van der Waals surface area (Å²) >= 11 is 0. The lowest BCUT2D eigenvalue weighted by molar-refractivity contribution is -0.00537. The number of ether oxygens (including phenoxy) is 1. The maximum Gasteiger partial charge on any atom is 0.354 e. The number of carboxylic acid groups (broad SMARTS) is 1. The number of hydrogen-bond donors (Lipinski definition) is 1. The van der Waals surface area contributed by atoms with Gasteiger partial charge in [-0.1, -0.05) is 24.3 Å². The van der Waals surface area contributed by atoms with E-state index in [1.165, 1.54) is 0 Å². The third kappa shape index (κ3) is 2.69. The fourth-order valence-corrected chi connectivity index (χ4v) is 2.88. The van der Waals surface area contributed by atoms with Crippen LogP contribution in [0, 0.1) is 0 Å². The summed E-state index contributed by atoms with van der Waals surface area (Å²) in [6, 6.07) is 9.37. The summed E-state index contributed by atoms with van der Waals surface area (Å²) in [5.41, 5.74) is 0.0792. The van der Waals surface area contributed by atoms with Crippen molar-refractivity contribution in [3.05, 3.63) is 36.0 Å². The predicted octanol–water partition coefficient (Wildman–Crippen LogP) is 2.55. The number of anilines is 1. The molecule has 5 nitrogen and oxygen atoms in total. The van der Waals surface area contributed by atoms with Gasteiger partial charge in [0.1, 0.15) is 5.82 Å². The second kappa shape index (κ2) is 5.33. The molecular weight excluding hydrogens is 268 g/mol. The number of pyridine rings is 1. The molecule has 2 heterocycles. The molecule has 1 saturated heterocycles. The molecule has 1 fully saturated rings. The van der Waals surface area contributed by atoms with Crippen LogP contribution in [0.2, 0.25) is 0 Å². The number of hydrogen-bond acceptors (Lipinski definition) is 4. The Labute approximate surface area is 123 Å². The molecule has 0 amide bonds. The zero-order valence-electron chi connectivity index (χ0n) is 12.1. The van der Waals surface area contributed by atoms with E-state index in [4.69, 9.17) is 4.74 Å². The fraction of sp³-hybridized carbons (Fsp3) is 0.375. The second-order valence-electron chi connectivity index (χ2n) is 5.52. The first-order valence-electron chi connectivity index (χ1n) is 7.08. The van der Waals surface area contributed by atoms with E-state index in [1.54, 1.807) is 6.07 Å². The van der Waals surface area contributed by atoms with E-state index in [2.05, 4.69) is 9.88 Å². The van der Waals surface area contributed by atoms with Gasteiger partial charge in [0.15, 0.2) is 5.69 Å². The van der Waals surface area contributed by atoms with Gasteiger partial charge in [-0.05, 0) is 25.3 Å². The van der Waals surface area contributed by atoms with Crippen molar-refractivity contribution < 1.29 is 14.6 Å². The summed E-state index contributed by atoms with van der Waals surface area (Å²) in [7, 11) is 0. The monoisotopic (exact) mass is 286 g/mol. The molecule has 1 aliphatic heterocycles. The van der Waals surface area contributed by atoms with E-state index in [9.17, 15) is 9.90 Å². The van der Waals surface area contributed by atoms with Crippen molar-refractivity contribution >= 4 is 22.6 Å². The molecule has 21 heavy (non-hydrogen) atoms. The zero-order valence-corrected chi connectivity index (χ0v) is 12.1. The number of rotatable bonds is 2. The number of aromatic carboxylic acids is 1. The van der Waals surface area contributed by atoms with Crippen LogP contribution in [0.3, 0.4) is 0 Å². The van der Waals surface area contributed by atoms with Crippen molar-refractivity contribution in [1.82, 2.24) is 4.98 Å². The molecule has 0 aliphatic carbocycles. The normalized spacial score (nSPS) is 22.5. The van der Waals surface area contributed by atoms with Crippen LogP contribution in [-0.2, 0) is 4.74 Å². The fourth-order valence-electron chi connectivity index (χ4n) is 2.88. The average Bonchev–Trinajstić information content (AvgIpc) is 2.45. The van der Waals surface area contributed by atoms with E-state index in [0.717, 1.165) is 16.6 Å². The van der Waals surface area contributed by atoms with Crippen molar-refractivity contribution in [3.8, 4) is 0 Å². The Morgan fingerprint density at radius 1 is 1.29 bits per heavy atom. The SMILES string of the molecule is C[C@@H]1CN(c2nc(C(=O)O)cc3ccccc23)C[C@H](C)O1. The van der Waals surface area contributed by atoms with Gasteiger partial charge in [-0.25, -0.2) is 9.78 Å². The number of fused-ring (bicyclic) bond motifs is 1. The van der Waals surface area contributed by atoms with Crippen LogP contribution in [0.15, 0.2) is 30.3 Å². The zero-order chi connectivity index (χ0) is 15.0. The van der Waals surface area contributed by atoms with E-state index in [-0.39, 0.29) is 17.9 Å². The van der Waals surface area contributed by atoms with E-state index >= 15 is 0 Å². The number of carboxylic acids is 1. The Balaban J connectivity index is 2.13. The topological polar surface area (TPSA) is 62.7 Å². The van der Waals surface area contributed by atoms with E-state index in [0.29, 0.717) is 13.1 Å². The van der Waals surface area contributed by atoms with Crippen LogP contribution >= 0.6 is 0 Å². The van der Waals surface area contributed by atoms with Gasteiger partial charge >= 0.3 is 5.97 Å². The van der Waals surface area contributed by atoms with Crippen LogP contribution in [0.25, 0.3) is 10.8 Å². The average molecular weight is 286 g/mol. The van der Waals surface area contributed by atoms with Crippen molar-refractivity contribution in [3.63, 3.8) is 0 Å². The summed E-state index contributed by atoms with van der Waals surface area (Å²) in [5.74, 6) is -0.274. The van der Waals surface area contributed by atoms with E-state index in [1.807, 2.05) is 38.1 Å². The Morgan fingerprint density at radius 3 is 2.62 bits per heavy atom. The van der Waals surface area contributed by atoms with Gasteiger partial charge in [-0.2, -0.15) is 0 Å². The Hall–Kier alpha value is -2.14. The summed E-state index contributed by atoms with van der Waals surface area (Å²) in [4.78, 5) is 17.8. The predicted molar refractivity (Wildman–Crippen MR) is 80.9 cm³/mol. The Kier molecular flexibility index (Phi) is 3.51.